The molecule has 2 aromatic rings. The minimum absolute atomic E-state index is 0.0904. The van der Waals surface area contributed by atoms with Crippen LogP contribution >= 0.6 is 0 Å². The Hall–Kier alpha value is -2.76. The van der Waals surface area contributed by atoms with Crippen molar-refractivity contribution < 1.29 is 23.1 Å². The van der Waals surface area contributed by atoms with Crippen LogP contribution in [0.1, 0.15) is 15.9 Å². The molecule has 1 aliphatic rings. The number of amides is 1. The van der Waals surface area contributed by atoms with Gasteiger partial charge in [-0.15, -0.1) is 0 Å². The van der Waals surface area contributed by atoms with Crippen LogP contribution in [0.4, 0.5) is 14.5 Å². The van der Waals surface area contributed by atoms with E-state index in [-0.39, 0.29) is 23.6 Å². The van der Waals surface area contributed by atoms with E-state index in [1.54, 1.807) is 0 Å². The second-order valence-electron chi connectivity index (χ2n) is 4.50. The Morgan fingerprint density at radius 2 is 1.95 bits per heavy atom. The van der Waals surface area contributed by atoms with Crippen molar-refractivity contribution in [2.24, 2.45) is 0 Å². The molecule has 1 amide bonds. The second-order valence-corrected chi connectivity index (χ2v) is 4.50. The van der Waals surface area contributed by atoms with Crippen LogP contribution in [0.3, 0.4) is 0 Å². The number of carbonyl (C=O) groups is 2. The fraction of sp³-hybridized carbons (Fsp3) is 0.0667. The summed E-state index contributed by atoms with van der Waals surface area (Å²) in [4.78, 5) is 23.5. The Balaban J connectivity index is 1.98. The van der Waals surface area contributed by atoms with Crippen LogP contribution in [0.15, 0.2) is 36.4 Å². The van der Waals surface area contributed by atoms with Crippen molar-refractivity contribution in [2.75, 3.05) is 11.9 Å². The normalized spacial score (nSPS) is 13.1. The van der Waals surface area contributed by atoms with E-state index < -0.39 is 17.4 Å². The van der Waals surface area contributed by atoms with Crippen molar-refractivity contribution >= 4 is 17.4 Å². The highest BCUT2D eigenvalue weighted by molar-refractivity contribution is 6.10. The van der Waals surface area contributed by atoms with Crippen molar-refractivity contribution in [3.05, 3.63) is 59.2 Å². The molecule has 1 N–H and O–H groups in total. The number of hydrogen-bond acceptors (Lipinski definition) is 3. The van der Waals surface area contributed by atoms with Gasteiger partial charge in [0.2, 0.25) is 0 Å². The predicted octanol–water partition coefficient (Wildman–Crippen LogP) is 2.53. The molecular weight excluding hydrogens is 280 g/mol. The molecule has 2 aromatic carbocycles. The van der Waals surface area contributed by atoms with Gasteiger partial charge in [0.25, 0.3) is 5.91 Å². The number of anilines is 1. The number of hydrogen-bond donors (Lipinski definition) is 1. The summed E-state index contributed by atoms with van der Waals surface area (Å²) in [5.41, 5.74) is 0.282. The van der Waals surface area contributed by atoms with Crippen LogP contribution in [0.2, 0.25) is 0 Å². The standard InChI is InChI=1S/C15H9F2NO3/c16-9-2-3-10(11(17)6-9)15(20)8-1-4-13-12(5-8)18-14(19)7-21-13/h1-6H,7H2,(H,18,19). The Kier molecular flexibility index (Phi) is 3.13. The molecule has 0 saturated carbocycles. The number of halogens is 2. The van der Waals surface area contributed by atoms with Crippen molar-refractivity contribution in [1.29, 1.82) is 0 Å². The van der Waals surface area contributed by atoms with E-state index in [1.807, 2.05) is 0 Å². The number of benzene rings is 2. The van der Waals surface area contributed by atoms with Crippen LogP contribution in [0, 0.1) is 11.6 Å². The first-order valence-electron chi connectivity index (χ1n) is 6.11. The molecule has 0 aliphatic carbocycles. The number of nitrogens with one attached hydrogen (secondary N) is 1. The van der Waals surface area contributed by atoms with Crippen LogP contribution in [0.25, 0.3) is 0 Å². The molecular formula is C15H9F2NO3. The van der Waals surface area contributed by atoms with E-state index in [1.165, 1.54) is 18.2 Å². The SMILES string of the molecule is O=C1COc2ccc(C(=O)c3ccc(F)cc3F)cc2N1. The maximum absolute atomic E-state index is 13.6. The van der Waals surface area contributed by atoms with E-state index in [2.05, 4.69) is 5.32 Å². The number of ether oxygens (including phenoxy) is 1. The van der Waals surface area contributed by atoms with Gasteiger partial charge in [-0.1, -0.05) is 0 Å². The van der Waals surface area contributed by atoms with Gasteiger partial charge in [-0.2, -0.15) is 0 Å². The highest BCUT2D eigenvalue weighted by atomic mass is 19.1. The molecule has 0 unspecified atom stereocenters. The van der Waals surface area contributed by atoms with Crippen molar-refractivity contribution in [2.45, 2.75) is 0 Å². The molecule has 0 radical (unpaired) electrons. The van der Waals surface area contributed by atoms with E-state index in [4.69, 9.17) is 4.74 Å². The van der Waals surface area contributed by atoms with Crippen LogP contribution < -0.4 is 10.1 Å². The van der Waals surface area contributed by atoms with E-state index >= 15 is 0 Å². The topological polar surface area (TPSA) is 55.4 Å². The van der Waals surface area contributed by atoms with Gasteiger partial charge >= 0.3 is 0 Å². The second kappa shape index (κ2) is 4.97. The third-order valence-corrected chi connectivity index (χ3v) is 3.05. The van der Waals surface area contributed by atoms with Gasteiger partial charge in [0.15, 0.2) is 12.4 Å². The molecule has 0 atom stereocenters. The Morgan fingerprint density at radius 1 is 1.14 bits per heavy atom. The number of rotatable bonds is 2. The first kappa shape index (κ1) is 13.2. The molecule has 4 nitrogen and oxygen atoms in total. The molecule has 106 valence electrons. The number of carbonyl (C=O) groups excluding carboxylic acids is 2. The third-order valence-electron chi connectivity index (χ3n) is 3.05. The molecule has 1 aliphatic heterocycles. The number of ketones is 1. The minimum atomic E-state index is -0.932. The van der Waals surface area contributed by atoms with Gasteiger partial charge in [0, 0.05) is 11.6 Å². The highest BCUT2D eigenvalue weighted by Gasteiger charge is 2.20. The first-order valence-corrected chi connectivity index (χ1v) is 6.11. The minimum Gasteiger partial charge on any atom is -0.482 e. The van der Waals surface area contributed by atoms with E-state index in [0.29, 0.717) is 17.5 Å². The van der Waals surface area contributed by atoms with Crippen LogP contribution in [-0.4, -0.2) is 18.3 Å². The molecule has 0 saturated heterocycles. The van der Waals surface area contributed by atoms with Crippen molar-refractivity contribution in [1.82, 2.24) is 0 Å². The molecule has 0 fully saturated rings. The summed E-state index contributed by atoms with van der Waals surface area (Å²) >= 11 is 0. The van der Waals surface area contributed by atoms with Crippen molar-refractivity contribution in [3.8, 4) is 5.75 Å². The zero-order chi connectivity index (χ0) is 15.0. The van der Waals surface area contributed by atoms with E-state index in [9.17, 15) is 18.4 Å². The fourth-order valence-electron chi connectivity index (χ4n) is 2.05. The lowest BCUT2D eigenvalue weighted by Gasteiger charge is -2.18. The summed E-state index contributed by atoms with van der Waals surface area (Å²) in [5, 5.41) is 2.56. The van der Waals surface area contributed by atoms with Gasteiger partial charge in [-0.3, -0.25) is 9.59 Å². The lowest BCUT2D eigenvalue weighted by atomic mass is 10.0. The summed E-state index contributed by atoms with van der Waals surface area (Å²) in [7, 11) is 0. The molecule has 0 spiro atoms. The molecule has 0 aromatic heterocycles. The van der Waals surface area contributed by atoms with Crippen LogP contribution in [0.5, 0.6) is 5.75 Å². The Morgan fingerprint density at radius 3 is 2.71 bits per heavy atom. The predicted molar refractivity (Wildman–Crippen MR) is 70.4 cm³/mol. The molecule has 0 bridgehead atoms. The summed E-state index contributed by atoms with van der Waals surface area (Å²) in [5.74, 6) is -2.19. The average molecular weight is 289 g/mol. The van der Waals surface area contributed by atoms with Crippen molar-refractivity contribution in [3.63, 3.8) is 0 Å². The summed E-state index contributed by atoms with van der Waals surface area (Å²) in [6.07, 6.45) is 0. The molecule has 21 heavy (non-hydrogen) atoms. The Bertz CT molecular complexity index is 759. The first-order chi connectivity index (χ1) is 10.0. The Labute approximate surface area is 118 Å². The number of fused-ring (bicyclic) bond motifs is 1. The zero-order valence-corrected chi connectivity index (χ0v) is 10.7. The molecule has 6 heteroatoms. The fourth-order valence-corrected chi connectivity index (χ4v) is 2.05. The molecule has 1 heterocycles. The third kappa shape index (κ3) is 2.47. The maximum atomic E-state index is 13.6. The van der Waals surface area contributed by atoms with Gasteiger partial charge < -0.3 is 10.1 Å². The van der Waals surface area contributed by atoms with Gasteiger partial charge in [-0.25, -0.2) is 8.78 Å². The lowest BCUT2D eigenvalue weighted by Crippen LogP contribution is -2.25. The quantitative estimate of drug-likeness (QED) is 0.864. The van der Waals surface area contributed by atoms with Gasteiger partial charge in [0.1, 0.15) is 17.4 Å². The average Bonchev–Trinajstić information content (AvgIpc) is 2.46. The van der Waals surface area contributed by atoms with Gasteiger partial charge in [0.05, 0.1) is 11.3 Å². The maximum Gasteiger partial charge on any atom is 0.262 e. The monoisotopic (exact) mass is 289 g/mol. The summed E-state index contributed by atoms with van der Waals surface area (Å²) in [6.45, 7) is -0.0904. The summed E-state index contributed by atoms with van der Waals surface area (Å²) in [6, 6.07) is 7.13. The highest BCUT2D eigenvalue weighted by Crippen LogP contribution is 2.29. The smallest absolute Gasteiger partial charge is 0.262 e. The zero-order valence-electron chi connectivity index (χ0n) is 10.7. The summed E-state index contributed by atoms with van der Waals surface area (Å²) < 4.78 is 31.7. The van der Waals surface area contributed by atoms with Crippen LogP contribution in [-0.2, 0) is 4.79 Å². The van der Waals surface area contributed by atoms with Gasteiger partial charge in [-0.05, 0) is 30.3 Å². The largest absolute Gasteiger partial charge is 0.482 e. The van der Waals surface area contributed by atoms with E-state index in [0.717, 1.165) is 12.1 Å². The lowest BCUT2D eigenvalue weighted by molar-refractivity contribution is -0.118. The molecule has 3 rings (SSSR count).